The van der Waals surface area contributed by atoms with Gasteiger partial charge < -0.3 is 19.7 Å². The van der Waals surface area contributed by atoms with Crippen molar-refractivity contribution in [1.82, 2.24) is 20.4 Å². The molecule has 2 aliphatic heterocycles. The molecule has 0 spiro atoms. The molecule has 0 unspecified atom stereocenters. The molecule has 32 heavy (non-hydrogen) atoms. The van der Waals surface area contributed by atoms with Crippen molar-refractivity contribution in [3.05, 3.63) is 76.1 Å². The summed E-state index contributed by atoms with van der Waals surface area (Å²) in [5.74, 6) is -1.77. The van der Waals surface area contributed by atoms with Crippen molar-refractivity contribution in [1.29, 1.82) is 0 Å². The molecule has 0 bridgehead atoms. The van der Waals surface area contributed by atoms with Gasteiger partial charge in [0.05, 0.1) is 6.54 Å². The van der Waals surface area contributed by atoms with E-state index >= 15 is 0 Å². The van der Waals surface area contributed by atoms with Crippen molar-refractivity contribution < 1.29 is 27.8 Å². The fourth-order valence-corrected chi connectivity index (χ4v) is 3.83. The first-order chi connectivity index (χ1) is 15.5. The molecule has 3 heterocycles. The second-order valence-corrected chi connectivity index (χ2v) is 7.47. The van der Waals surface area contributed by atoms with Crippen molar-refractivity contribution in [2.24, 2.45) is 0 Å². The number of hydrogen-bond donors (Lipinski definition) is 2. The highest BCUT2D eigenvalue weighted by Gasteiger charge is 2.30. The van der Waals surface area contributed by atoms with E-state index in [4.69, 9.17) is 9.47 Å². The van der Waals surface area contributed by atoms with Crippen molar-refractivity contribution >= 4 is 11.8 Å². The Morgan fingerprint density at radius 2 is 1.91 bits per heavy atom. The maximum absolute atomic E-state index is 14.1. The van der Waals surface area contributed by atoms with Gasteiger partial charge in [-0.3, -0.25) is 14.7 Å². The van der Waals surface area contributed by atoms with E-state index in [2.05, 4.69) is 15.5 Å². The number of benzene rings is 2. The molecule has 0 radical (unpaired) electrons. The van der Waals surface area contributed by atoms with E-state index in [1.807, 2.05) is 6.07 Å². The van der Waals surface area contributed by atoms with Crippen LogP contribution in [0.5, 0.6) is 11.5 Å². The number of carbonyl (C=O) groups excluding carboxylic acids is 2. The highest BCUT2D eigenvalue weighted by molar-refractivity contribution is 5.96. The summed E-state index contributed by atoms with van der Waals surface area (Å²) >= 11 is 0. The summed E-state index contributed by atoms with van der Waals surface area (Å²) in [7, 11) is 0. The zero-order chi connectivity index (χ0) is 22.2. The highest BCUT2D eigenvalue weighted by Crippen LogP contribution is 2.32. The smallest absolute Gasteiger partial charge is 0.272 e. The second kappa shape index (κ2) is 7.95. The second-order valence-electron chi connectivity index (χ2n) is 7.47. The molecule has 164 valence electrons. The first-order valence-electron chi connectivity index (χ1n) is 9.97. The zero-order valence-electron chi connectivity index (χ0n) is 16.8. The SMILES string of the molecule is O=C(NCc1ccc2c(c1)OCO2)c1n[nH]c2c1CN(C(=O)c1c(F)cccc1F)CC2. The monoisotopic (exact) mass is 440 g/mol. The number of hydrogen-bond acceptors (Lipinski definition) is 5. The van der Waals surface area contributed by atoms with E-state index in [1.54, 1.807) is 12.1 Å². The van der Waals surface area contributed by atoms with E-state index in [0.717, 1.165) is 23.4 Å². The number of ether oxygens (including phenoxy) is 2. The minimum absolute atomic E-state index is 0.0191. The summed E-state index contributed by atoms with van der Waals surface area (Å²) in [6, 6.07) is 8.65. The van der Waals surface area contributed by atoms with Crippen LogP contribution in [-0.2, 0) is 19.5 Å². The molecule has 10 heteroatoms. The number of rotatable bonds is 4. The van der Waals surface area contributed by atoms with E-state index in [0.29, 0.717) is 23.5 Å². The van der Waals surface area contributed by atoms with Crippen LogP contribution in [0.2, 0.25) is 0 Å². The van der Waals surface area contributed by atoms with E-state index in [-0.39, 0.29) is 32.1 Å². The van der Waals surface area contributed by atoms with Crippen LogP contribution in [0, 0.1) is 11.6 Å². The molecule has 5 rings (SSSR count). The average Bonchev–Trinajstić information content (AvgIpc) is 3.43. The lowest BCUT2D eigenvalue weighted by Gasteiger charge is -2.27. The van der Waals surface area contributed by atoms with Gasteiger partial charge in [-0.1, -0.05) is 12.1 Å². The van der Waals surface area contributed by atoms with Gasteiger partial charge >= 0.3 is 0 Å². The maximum atomic E-state index is 14.1. The Bertz CT molecular complexity index is 1210. The minimum Gasteiger partial charge on any atom is -0.454 e. The Labute approximate surface area is 181 Å². The molecule has 0 saturated carbocycles. The standard InChI is InChI=1S/C22H18F2N4O4/c23-14-2-1-3-15(24)19(14)22(30)28-7-6-16-13(10-28)20(27-26-16)21(29)25-9-12-4-5-17-18(8-12)32-11-31-17/h1-5,8H,6-7,9-11H2,(H,25,29)(H,26,27). The molecule has 0 aliphatic carbocycles. The van der Waals surface area contributed by atoms with Crippen LogP contribution < -0.4 is 14.8 Å². The molecule has 2 amide bonds. The molecular formula is C22H18F2N4O4. The number of fused-ring (bicyclic) bond motifs is 2. The molecule has 2 aliphatic rings. The summed E-state index contributed by atoms with van der Waals surface area (Å²) in [6.07, 6.45) is 0.388. The van der Waals surface area contributed by atoms with Crippen LogP contribution in [0.15, 0.2) is 36.4 Å². The number of H-pyrrole nitrogens is 1. The van der Waals surface area contributed by atoms with Gasteiger partial charge in [0.1, 0.15) is 17.2 Å². The number of aromatic amines is 1. The normalized spacial score (nSPS) is 14.2. The molecule has 0 fully saturated rings. The number of nitrogens with one attached hydrogen (secondary N) is 2. The fourth-order valence-electron chi connectivity index (χ4n) is 3.83. The Hall–Kier alpha value is -3.95. The van der Waals surface area contributed by atoms with Crippen LogP contribution in [-0.4, -0.2) is 40.2 Å². The largest absolute Gasteiger partial charge is 0.454 e. The van der Waals surface area contributed by atoms with Gasteiger partial charge in [0.15, 0.2) is 17.2 Å². The number of carbonyl (C=O) groups is 2. The Balaban J connectivity index is 1.30. The van der Waals surface area contributed by atoms with Crippen molar-refractivity contribution in [3.8, 4) is 11.5 Å². The Kier molecular flexibility index (Phi) is 4.96. The maximum Gasteiger partial charge on any atom is 0.272 e. The van der Waals surface area contributed by atoms with Gasteiger partial charge in [0.2, 0.25) is 6.79 Å². The van der Waals surface area contributed by atoms with Crippen molar-refractivity contribution in [2.75, 3.05) is 13.3 Å². The molecule has 1 aromatic heterocycles. The summed E-state index contributed by atoms with van der Waals surface area (Å²) in [4.78, 5) is 26.8. The van der Waals surface area contributed by atoms with Crippen molar-refractivity contribution in [3.63, 3.8) is 0 Å². The third kappa shape index (κ3) is 3.53. The van der Waals surface area contributed by atoms with Gasteiger partial charge in [-0.25, -0.2) is 8.78 Å². The van der Waals surface area contributed by atoms with Gasteiger partial charge in [-0.05, 0) is 29.8 Å². The lowest BCUT2D eigenvalue weighted by Crippen LogP contribution is -2.37. The topological polar surface area (TPSA) is 96.6 Å². The summed E-state index contributed by atoms with van der Waals surface area (Å²) in [6.45, 7) is 0.669. The third-order valence-electron chi connectivity index (χ3n) is 5.50. The summed E-state index contributed by atoms with van der Waals surface area (Å²) in [5, 5.41) is 9.72. The van der Waals surface area contributed by atoms with E-state index in [1.165, 1.54) is 11.0 Å². The Morgan fingerprint density at radius 3 is 2.72 bits per heavy atom. The predicted octanol–water partition coefficient (Wildman–Crippen LogP) is 2.55. The van der Waals surface area contributed by atoms with Crippen LogP contribution >= 0.6 is 0 Å². The number of nitrogens with zero attached hydrogens (tertiary/aromatic N) is 2. The van der Waals surface area contributed by atoms with Gasteiger partial charge in [0.25, 0.3) is 11.8 Å². The van der Waals surface area contributed by atoms with Gasteiger partial charge in [-0.2, -0.15) is 5.10 Å². The first kappa shape index (κ1) is 20.0. The van der Waals surface area contributed by atoms with Gasteiger partial charge in [0, 0.05) is 30.8 Å². The molecule has 2 N–H and O–H groups in total. The van der Waals surface area contributed by atoms with E-state index < -0.39 is 29.0 Å². The third-order valence-corrected chi connectivity index (χ3v) is 5.50. The van der Waals surface area contributed by atoms with Crippen LogP contribution in [0.25, 0.3) is 0 Å². The quantitative estimate of drug-likeness (QED) is 0.650. The predicted molar refractivity (Wildman–Crippen MR) is 107 cm³/mol. The van der Waals surface area contributed by atoms with E-state index in [9.17, 15) is 18.4 Å². The van der Waals surface area contributed by atoms with Crippen LogP contribution in [0.3, 0.4) is 0 Å². The number of halogens is 2. The molecule has 8 nitrogen and oxygen atoms in total. The molecule has 2 aromatic carbocycles. The summed E-state index contributed by atoms with van der Waals surface area (Å²) < 4.78 is 38.7. The first-order valence-corrected chi connectivity index (χ1v) is 9.97. The zero-order valence-corrected chi connectivity index (χ0v) is 16.8. The van der Waals surface area contributed by atoms with Crippen LogP contribution in [0.1, 0.15) is 37.7 Å². The number of amides is 2. The molecule has 0 atom stereocenters. The lowest BCUT2D eigenvalue weighted by molar-refractivity contribution is 0.0721. The molecule has 3 aromatic rings. The minimum atomic E-state index is -0.922. The Morgan fingerprint density at radius 1 is 1.12 bits per heavy atom. The number of aromatic nitrogens is 2. The molecular weight excluding hydrogens is 422 g/mol. The van der Waals surface area contributed by atoms with Crippen molar-refractivity contribution in [2.45, 2.75) is 19.5 Å². The van der Waals surface area contributed by atoms with Gasteiger partial charge in [-0.15, -0.1) is 0 Å². The van der Waals surface area contributed by atoms with Crippen LogP contribution in [0.4, 0.5) is 8.78 Å². The molecule has 0 saturated heterocycles. The summed E-state index contributed by atoms with van der Waals surface area (Å²) in [5.41, 5.74) is 1.61. The highest BCUT2D eigenvalue weighted by atomic mass is 19.1. The lowest BCUT2D eigenvalue weighted by atomic mass is 10.0. The fraction of sp³-hybridized carbons (Fsp3) is 0.227. The average molecular weight is 440 g/mol.